The third kappa shape index (κ3) is 5.01. The van der Waals surface area contributed by atoms with Gasteiger partial charge in [-0.3, -0.25) is 9.80 Å². The van der Waals surface area contributed by atoms with Crippen molar-refractivity contribution in [1.29, 1.82) is 0 Å². The first kappa shape index (κ1) is 17.8. The molecule has 0 spiro atoms. The molecule has 2 aromatic rings. The van der Waals surface area contributed by atoms with Gasteiger partial charge in [0.15, 0.2) is 5.82 Å². The van der Waals surface area contributed by atoms with E-state index in [1.165, 1.54) is 0 Å². The number of methoxy groups -OCH3 is 1. The standard InChI is InChI=1S/C18H26N4O3/c1-3-24-13-12-21-8-10-22(11-9-21)14-17-19-18(25-20-17)15-4-6-16(23-2)7-5-15/h4-7H,3,8-14H2,1-2H3. The summed E-state index contributed by atoms with van der Waals surface area (Å²) in [6, 6.07) is 7.63. The summed E-state index contributed by atoms with van der Waals surface area (Å²) in [6.07, 6.45) is 0. The van der Waals surface area contributed by atoms with Gasteiger partial charge in [-0.25, -0.2) is 0 Å². The van der Waals surface area contributed by atoms with Gasteiger partial charge in [0.25, 0.3) is 5.89 Å². The van der Waals surface area contributed by atoms with Crippen LogP contribution in [0.1, 0.15) is 12.7 Å². The van der Waals surface area contributed by atoms with Gasteiger partial charge in [0.2, 0.25) is 0 Å². The van der Waals surface area contributed by atoms with Crippen molar-refractivity contribution < 1.29 is 14.0 Å². The fourth-order valence-electron chi connectivity index (χ4n) is 2.88. The Hall–Kier alpha value is -1.96. The van der Waals surface area contributed by atoms with Crippen LogP contribution in [0.2, 0.25) is 0 Å². The number of hydrogen-bond donors (Lipinski definition) is 0. The highest BCUT2D eigenvalue weighted by atomic mass is 16.5. The Morgan fingerprint density at radius 1 is 1.08 bits per heavy atom. The number of rotatable bonds is 8. The molecule has 0 aliphatic carbocycles. The summed E-state index contributed by atoms with van der Waals surface area (Å²) in [5.74, 6) is 2.09. The van der Waals surface area contributed by atoms with Crippen molar-refractivity contribution in [2.75, 3.05) is 53.0 Å². The minimum atomic E-state index is 0.549. The normalized spacial score (nSPS) is 16.2. The monoisotopic (exact) mass is 346 g/mol. The Kier molecular flexibility index (Phi) is 6.38. The summed E-state index contributed by atoms with van der Waals surface area (Å²) in [6.45, 7) is 9.48. The quantitative estimate of drug-likeness (QED) is 0.676. The topological polar surface area (TPSA) is 63.9 Å². The Balaban J connectivity index is 1.49. The van der Waals surface area contributed by atoms with E-state index in [1.807, 2.05) is 31.2 Å². The van der Waals surface area contributed by atoms with Crippen LogP contribution >= 0.6 is 0 Å². The van der Waals surface area contributed by atoms with Crippen LogP contribution in [0.15, 0.2) is 28.8 Å². The van der Waals surface area contributed by atoms with Gasteiger partial charge in [-0.05, 0) is 31.2 Å². The summed E-state index contributed by atoms with van der Waals surface area (Å²) >= 11 is 0. The molecule has 1 aliphatic rings. The van der Waals surface area contributed by atoms with Crippen molar-refractivity contribution in [3.8, 4) is 17.2 Å². The van der Waals surface area contributed by atoms with E-state index in [1.54, 1.807) is 7.11 Å². The predicted molar refractivity (Wildman–Crippen MR) is 94.5 cm³/mol. The summed E-state index contributed by atoms with van der Waals surface area (Å²) in [5.41, 5.74) is 0.903. The van der Waals surface area contributed by atoms with Gasteiger partial charge >= 0.3 is 0 Å². The largest absolute Gasteiger partial charge is 0.497 e. The van der Waals surface area contributed by atoms with E-state index in [2.05, 4.69) is 19.9 Å². The number of hydrogen-bond acceptors (Lipinski definition) is 7. The van der Waals surface area contributed by atoms with E-state index >= 15 is 0 Å². The molecule has 0 unspecified atom stereocenters. The van der Waals surface area contributed by atoms with Gasteiger partial charge in [-0.15, -0.1) is 0 Å². The second-order valence-electron chi connectivity index (χ2n) is 6.06. The Morgan fingerprint density at radius 3 is 2.48 bits per heavy atom. The van der Waals surface area contributed by atoms with Crippen LogP contribution < -0.4 is 4.74 Å². The van der Waals surface area contributed by atoms with Gasteiger partial charge in [0, 0.05) is 44.9 Å². The fourth-order valence-corrected chi connectivity index (χ4v) is 2.88. The van der Waals surface area contributed by atoms with Crippen molar-refractivity contribution in [2.45, 2.75) is 13.5 Å². The maximum absolute atomic E-state index is 5.42. The molecule has 0 radical (unpaired) electrons. The molecule has 25 heavy (non-hydrogen) atoms. The van der Waals surface area contributed by atoms with Crippen LogP contribution in [-0.2, 0) is 11.3 Å². The van der Waals surface area contributed by atoms with Gasteiger partial charge < -0.3 is 14.0 Å². The summed E-state index contributed by atoms with van der Waals surface area (Å²) in [7, 11) is 1.65. The molecule has 1 aromatic carbocycles. The maximum atomic E-state index is 5.42. The van der Waals surface area contributed by atoms with Crippen molar-refractivity contribution in [2.24, 2.45) is 0 Å². The fraction of sp³-hybridized carbons (Fsp3) is 0.556. The molecular weight excluding hydrogens is 320 g/mol. The molecule has 0 amide bonds. The molecule has 1 fully saturated rings. The van der Waals surface area contributed by atoms with Gasteiger partial charge in [0.05, 0.1) is 20.3 Å². The molecule has 0 bridgehead atoms. The Morgan fingerprint density at radius 2 is 1.80 bits per heavy atom. The first-order valence-electron chi connectivity index (χ1n) is 8.78. The lowest BCUT2D eigenvalue weighted by atomic mass is 10.2. The average molecular weight is 346 g/mol. The zero-order chi connectivity index (χ0) is 17.5. The molecule has 0 saturated carbocycles. The van der Waals surface area contributed by atoms with E-state index < -0.39 is 0 Å². The van der Waals surface area contributed by atoms with E-state index in [0.717, 1.165) is 69.6 Å². The lowest BCUT2D eigenvalue weighted by molar-refractivity contribution is 0.0775. The molecule has 2 heterocycles. The molecule has 7 nitrogen and oxygen atoms in total. The molecule has 3 rings (SSSR count). The van der Waals surface area contributed by atoms with Crippen molar-refractivity contribution in [3.05, 3.63) is 30.1 Å². The van der Waals surface area contributed by atoms with Crippen LogP contribution in [-0.4, -0.2) is 73.0 Å². The molecular formula is C18H26N4O3. The Bertz CT molecular complexity index is 636. The van der Waals surface area contributed by atoms with Crippen LogP contribution in [0.5, 0.6) is 5.75 Å². The minimum absolute atomic E-state index is 0.549. The first-order chi connectivity index (χ1) is 12.3. The predicted octanol–water partition coefficient (Wildman–Crippen LogP) is 1.90. The molecule has 136 valence electrons. The summed E-state index contributed by atoms with van der Waals surface area (Å²) in [5, 5.41) is 4.12. The van der Waals surface area contributed by atoms with Crippen LogP contribution in [0, 0.1) is 0 Å². The number of nitrogens with zero attached hydrogens (tertiary/aromatic N) is 4. The van der Waals surface area contributed by atoms with Crippen molar-refractivity contribution in [1.82, 2.24) is 19.9 Å². The first-order valence-corrected chi connectivity index (χ1v) is 8.78. The zero-order valence-electron chi connectivity index (χ0n) is 15.0. The molecule has 0 atom stereocenters. The third-order valence-corrected chi connectivity index (χ3v) is 4.39. The highest BCUT2D eigenvalue weighted by molar-refractivity contribution is 5.54. The average Bonchev–Trinajstić information content (AvgIpc) is 3.12. The number of piperazine rings is 1. The van der Waals surface area contributed by atoms with Crippen LogP contribution in [0.25, 0.3) is 11.5 Å². The highest BCUT2D eigenvalue weighted by Gasteiger charge is 2.19. The lowest BCUT2D eigenvalue weighted by Gasteiger charge is -2.33. The van der Waals surface area contributed by atoms with Crippen molar-refractivity contribution in [3.63, 3.8) is 0 Å². The zero-order valence-corrected chi connectivity index (χ0v) is 15.0. The molecule has 1 aromatic heterocycles. The van der Waals surface area contributed by atoms with Crippen LogP contribution in [0.3, 0.4) is 0 Å². The highest BCUT2D eigenvalue weighted by Crippen LogP contribution is 2.21. The SMILES string of the molecule is CCOCCN1CCN(Cc2noc(-c3ccc(OC)cc3)n2)CC1. The smallest absolute Gasteiger partial charge is 0.257 e. The third-order valence-electron chi connectivity index (χ3n) is 4.39. The van der Waals surface area contributed by atoms with Gasteiger partial charge in [0.1, 0.15) is 5.75 Å². The second-order valence-corrected chi connectivity index (χ2v) is 6.06. The van der Waals surface area contributed by atoms with E-state index in [9.17, 15) is 0 Å². The molecule has 7 heteroatoms. The van der Waals surface area contributed by atoms with E-state index in [-0.39, 0.29) is 0 Å². The van der Waals surface area contributed by atoms with Crippen molar-refractivity contribution >= 4 is 0 Å². The minimum Gasteiger partial charge on any atom is -0.497 e. The number of ether oxygens (including phenoxy) is 2. The maximum Gasteiger partial charge on any atom is 0.257 e. The molecule has 0 N–H and O–H groups in total. The van der Waals surface area contributed by atoms with Crippen LogP contribution in [0.4, 0.5) is 0 Å². The Labute approximate surface area is 148 Å². The van der Waals surface area contributed by atoms with E-state index in [4.69, 9.17) is 14.0 Å². The van der Waals surface area contributed by atoms with Gasteiger partial charge in [-0.2, -0.15) is 4.98 Å². The number of benzene rings is 1. The molecule has 1 aliphatic heterocycles. The summed E-state index contributed by atoms with van der Waals surface area (Å²) in [4.78, 5) is 9.31. The lowest BCUT2D eigenvalue weighted by Crippen LogP contribution is -2.46. The molecule has 1 saturated heterocycles. The summed E-state index contributed by atoms with van der Waals surface area (Å²) < 4.78 is 16.0. The van der Waals surface area contributed by atoms with E-state index in [0.29, 0.717) is 5.89 Å². The van der Waals surface area contributed by atoms with Gasteiger partial charge in [-0.1, -0.05) is 5.16 Å². The second kappa shape index (κ2) is 8.94. The number of aromatic nitrogens is 2.